The fourth-order valence-electron chi connectivity index (χ4n) is 1.47. The molecule has 2 atom stereocenters. The number of primary amides is 1. The minimum Gasteiger partial charge on any atom is -0.480 e. The van der Waals surface area contributed by atoms with Gasteiger partial charge in [-0.2, -0.15) is 0 Å². The highest BCUT2D eigenvalue weighted by molar-refractivity contribution is 5.83. The van der Waals surface area contributed by atoms with E-state index in [1.165, 1.54) is 0 Å². The fourth-order valence-corrected chi connectivity index (χ4v) is 1.47. The van der Waals surface area contributed by atoms with Crippen LogP contribution in [0.2, 0.25) is 0 Å². The van der Waals surface area contributed by atoms with E-state index in [0.29, 0.717) is 0 Å². The summed E-state index contributed by atoms with van der Waals surface area (Å²) in [6.07, 6.45) is 1.64. The minimum atomic E-state index is -1.19. The molecule has 0 bridgehead atoms. The number of carboxylic acids is 1. The molecule has 1 unspecified atom stereocenters. The number of urea groups is 1. The van der Waals surface area contributed by atoms with Crippen LogP contribution in [0.5, 0.6) is 0 Å². The summed E-state index contributed by atoms with van der Waals surface area (Å²) in [6, 6.07) is -1.68. The van der Waals surface area contributed by atoms with Crippen molar-refractivity contribution in [1.82, 2.24) is 10.6 Å². The average molecular weight is 259 g/mol. The molecule has 0 aliphatic heterocycles. The monoisotopic (exact) mass is 259 g/mol. The minimum absolute atomic E-state index is 0.0136. The van der Waals surface area contributed by atoms with Gasteiger partial charge in [0.25, 0.3) is 0 Å². The van der Waals surface area contributed by atoms with Crippen LogP contribution in [0.15, 0.2) is 0 Å². The highest BCUT2D eigenvalue weighted by atomic mass is 16.4. The van der Waals surface area contributed by atoms with Crippen molar-refractivity contribution in [2.24, 2.45) is 5.73 Å². The van der Waals surface area contributed by atoms with E-state index in [1.54, 1.807) is 0 Å². The van der Waals surface area contributed by atoms with Gasteiger partial charge in [0.05, 0.1) is 0 Å². The molecule has 7 heteroatoms. The van der Waals surface area contributed by atoms with Gasteiger partial charge in [-0.3, -0.25) is 4.79 Å². The zero-order valence-corrected chi connectivity index (χ0v) is 10.7. The van der Waals surface area contributed by atoms with E-state index in [-0.39, 0.29) is 18.9 Å². The Morgan fingerprint density at radius 2 is 1.83 bits per heavy atom. The molecular weight excluding hydrogens is 238 g/mol. The fraction of sp³-hybridized carbons (Fsp3) is 0.727. The van der Waals surface area contributed by atoms with Crippen LogP contribution in [0, 0.1) is 0 Å². The molecule has 7 nitrogen and oxygen atoms in total. The van der Waals surface area contributed by atoms with E-state index < -0.39 is 23.9 Å². The Labute approximate surface area is 106 Å². The summed E-state index contributed by atoms with van der Waals surface area (Å²) < 4.78 is 0. The number of amides is 3. The number of aliphatic carboxylic acids is 1. The maximum Gasteiger partial charge on any atom is 0.326 e. The molecule has 0 rings (SSSR count). The maximum absolute atomic E-state index is 11.5. The molecule has 0 aromatic heterocycles. The van der Waals surface area contributed by atoms with Gasteiger partial charge in [0.15, 0.2) is 0 Å². The molecule has 0 saturated carbocycles. The van der Waals surface area contributed by atoms with Gasteiger partial charge in [-0.25, -0.2) is 9.59 Å². The summed E-state index contributed by atoms with van der Waals surface area (Å²) in [7, 11) is 0. The van der Waals surface area contributed by atoms with Crippen molar-refractivity contribution in [3.63, 3.8) is 0 Å². The highest BCUT2D eigenvalue weighted by Crippen LogP contribution is 1.99. The largest absolute Gasteiger partial charge is 0.480 e. The molecular formula is C11H21N3O4. The molecule has 0 aliphatic carbocycles. The van der Waals surface area contributed by atoms with Gasteiger partial charge >= 0.3 is 12.0 Å². The van der Waals surface area contributed by atoms with Crippen LogP contribution in [-0.4, -0.2) is 35.1 Å². The van der Waals surface area contributed by atoms with E-state index in [2.05, 4.69) is 10.6 Å². The average Bonchev–Trinajstić information content (AvgIpc) is 2.23. The first-order valence-corrected chi connectivity index (χ1v) is 5.95. The van der Waals surface area contributed by atoms with Crippen LogP contribution in [0.3, 0.4) is 0 Å². The smallest absolute Gasteiger partial charge is 0.326 e. The Morgan fingerprint density at radius 1 is 1.22 bits per heavy atom. The molecule has 0 aliphatic rings. The number of nitrogens with two attached hydrogens (primary N) is 1. The molecule has 0 radical (unpaired) electrons. The Kier molecular flexibility index (Phi) is 7.50. The second-order valence-corrected chi connectivity index (χ2v) is 4.20. The van der Waals surface area contributed by atoms with Gasteiger partial charge in [-0.05, 0) is 19.8 Å². The van der Waals surface area contributed by atoms with Gasteiger partial charge in [-0.15, -0.1) is 0 Å². The summed E-state index contributed by atoms with van der Waals surface area (Å²) in [6.45, 7) is 3.82. The first-order valence-electron chi connectivity index (χ1n) is 5.95. The van der Waals surface area contributed by atoms with Gasteiger partial charge in [0, 0.05) is 12.5 Å². The number of carbonyl (C=O) groups excluding carboxylic acids is 2. The van der Waals surface area contributed by atoms with Crippen LogP contribution >= 0.6 is 0 Å². The lowest BCUT2D eigenvalue weighted by Crippen LogP contribution is -2.48. The third kappa shape index (κ3) is 7.48. The van der Waals surface area contributed by atoms with Crippen LogP contribution in [0.25, 0.3) is 0 Å². The summed E-state index contributed by atoms with van der Waals surface area (Å²) in [5.74, 6) is -1.78. The predicted molar refractivity (Wildman–Crippen MR) is 65.9 cm³/mol. The van der Waals surface area contributed by atoms with Crippen LogP contribution in [-0.2, 0) is 9.59 Å². The second kappa shape index (κ2) is 8.32. The van der Waals surface area contributed by atoms with Crippen molar-refractivity contribution in [2.75, 3.05) is 0 Å². The van der Waals surface area contributed by atoms with E-state index in [4.69, 9.17) is 10.8 Å². The molecule has 0 aromatic carbocycles. The van der Waals surface area contributed by atoms with E-state index >= 15 is 0 Å². The molecule has 0 saturated heterocycles. The van der Waals surface area contributed by atoms with Crippen molar-refractivity contribution in [2.45, 2.75) is 51.6 Å². The quantitative estimate of drug-likeness (QED) is 0.497. The lowest BCUT2D eigenvalue weighted by atomic mass is 10.1. The summed E-state index contributed by atoms with van der Waals surface area (Å²) >= 11 is 0. The second-order valence-electron chi connectivity index (χ2n) is 4.20. The zero-order valence-electron chi connectivity index (χ0n) is 10.7. The Morgan fingerprint density at radius 3 is 2.28 bits per heavy atom. The predicted octanol–water partition coefficient (Wildman–Crippen LogP) is 0.193. The lowest BCUT2D eigenvalue weighted by molar-refractivity contribution is -0.139. The highest BCUT2D eigenvalue weighted by Gasteiger charge is 2.20. The Bertz CT molecular complexity index is 307. The van der Waals surface area contributed by atoms with Crippen molar-refractivity contribution in [3.05, 3.63) is 0 Å². The van der Waals surface area contributed by atoms with Crippen LogP contribution in [0.4, 0.5) is 4.79 Å². The molecule has 0 aromatic rings. The van der Waals surface area contributed by atoms with Gasteiger partial charge in [0.2, 0.25) is 5.91 Å². The van der Waals surface area contributed by atoms with Crippen molar-refractivity contribution < 1.29 is 19.5 Å². The summed E-state index contributed by atoms with van der Waals surface area (Å²) in [4.78, 5) is 32.9. The van der Waals surface area contributed by atoms with Crippen molar-refractivity contribution in [3.8, 4) is 0 Å². The van der Waals surface area contributed by atoms with Gasteiger partial charge in [-0.1, -0.05) is 13.3 Å². The van der Waals surface area contributed by atoms with E-state index in [1.807, 2.05) is 13.8 Å². The lowest BCUT2D eigenvalue weighted by Gasteiger charge is -2.17. The van der Waals surface area contributed by atoms with Gasteiger partial charge in [0.1, 0.15) is 6.04 Å². The Hall–Kier alpha value is -1.79. The topological polar surface area (TPSA) is 122 Å². The third-order valence-electron chi connectivity index (χ3n) is 2.38. The first-order chi connectivity index (χ1) is 8.36. The molecule has 18 heavy (non-hydrogen) atoms. The van der Waals surface area contributed by atoms with Crippen molar-refractivity contribution in [1.29, 1.82) is 0 Å². The number of nitrogens with one attached hydrogen (secondary N) is 2. The number of carbonyl (C=O) groups is 3. The number of hydrogen-bond acceptors (Lipinski definition) is 3. The van der Waals surface area contributed by atoms with E-state index in [0.717, 1.165) is 12.8 Å². The van der Waals surface area contributed by atoms with Crippen LogP contribution < -0.4 is 16.4 Å². The van der Waals surface area contributed by atoms with Crippen molar-refractivity contribution >= 4 is 17.9 Å². The molecule has 0 spiro atoms. The van der Waals surface area contributed by atoms with E-state index in [9.17, 15) is 14.4 Å². The molecule has 0 fully saturated rings. The van der Waals surface area contributed by atoms with Gasteiger partial charge < -0.3 is 21.5 Å². The molecule has 0 heterocycles. The Balaban J connectivity index is 4.19. The number of rotatable bonds is 8. The maximum atomic E-state index is 11.5. The SMILES string of the molecule is CCCC(C)NC(=O)N[C@H](CCC(N)=O)C(=O)O. The normalized spacial score (nSPS) is 13.4. The number of hydrogen-bond donors (Lipinski definition) is 4. The number of carboxylic acid groups (broad SMARTS) is 1. The van der Waals surface area contributed by atoms with Crippen LogP contribution in [0.1, 0.15) is 39.5 Å². The molecule has 3 amide bonds. The first kappa shape index (κ1) is 16.2. The molecule has 5 N–H and O–H groups in total. The zero-order chi connectivity index (χ0) is 14.1. The summed E-state index contributed by atoms with van der Waals surface area (Å²) in [5, 5.41) is 13.8. The third-order valence-corrected chi connectivity index (χ3v) is 2.38. The molecule has 104 valence electrons. The standard InChI is InChI=1S/C11H21N3O4/c1-3-4-7(2)13-11(18)14-8(10(16)17)5-6-9(12)15/h7-8H,3-6H2,1-2H3,(H2,12,15)(H,16,17)(H2,13,14,18)/t7?,8-/m1/s1. The summed E-state index contributed by atoms with van der Waals surface area (Å²) in [5.41, 5.74) is 4.93.